The third-order valence-corrected chi connectivity index (χ3v) is 5.95. The summed E-state index contributed by atoms with van der Waals surface area (Å²) >= 11 is 0. The molecular weight excluding hydrogens is 536 g/mol. The largest absolute Gasteiger partial charge is 0.454 e. The van der Waals surface area contributed by atoms with E-state index in [0.29, 0.717) is 18.5 Å². The highest BCUT2D eigenvalue weighted by Crippen LogP contribution is 2.37. The molecule has 1 aliphatic rings. The molecule has 2 rings (SSSR count). The lowest BCUT2D eigenvalue weighted by molar-refractivity contribution is -0.117. The fraction of sp³-hybridized carbons (Fsp3) is 0.789. The summed E-state index contributed by atoms with van der Waals surface area (Å²) in [5, 5.41) is 0. The highest BCUT2D eigenvalue weighted by Gasteiger charge is 2.18. The number of Topliss-reactive ketones (excluding diaryl/α,β-unsaturated/α-hetero) is 2. The van der Waals surface area contributed by atoms with Crippen LogP contribution >= 0.6 is 0 Å². The molecule has 5 heteroatoms. The molecule has 2 unspecified atom stereocenters. The van der Waals surface area contributed by atoms with E-state index in [1.165, 1.54) is 70.8 Å². The maximum absolute atomic E-state index is 10.2. The number of hydrogen-bond acceptors (Lipinski definition) is 5. The number of ketones is 2. The molecule has 2 atom stereocenters. The van der Waals surface area contributed by atoms with Crippen LogP contribution in [0.15, 0.2) is 18.2 Å². The minimum Gasteiger partial charge on any atom is -0.454 e. The first kappa shape index (κ1) is 48.0. The molecule has 43 heavy (non-hydrogen) atoms. The van der Waals surface area contributed by atoms with Crippen molar-refractivity contribution in [1.82, 2.24) is 0 Å². The van der Waals surface area contributed by atoms with Gasteiger partial charge in [0.05, 0.1) is 0 Å². The summed E-state index contributed by atoms with van der Waals surface area (Å²) in [7, 11) is 0. The predicted molar refractivity (Wildman–Crippen MR) is 189 cm³/mol. The second-order valence-corrected chi connectivity index (χ2v) is 11.1. The molecule has 0 saturated heterocycles. The molecule has 0 bridgehead atoms. The normalized spacial score (nSPS) is 11.7. The number of ether oxygens (including phenoxy) is 3. The molecule has 1 aliphatic heterocycles. The van der Waals surface area contributed by atoms with Crippen LogP contribution in [0.5, 0.6) is 11.5 Å². The van der Waals surface area contributed by atoms with Crippen molar-refractivity contribution >= 4 is 11.6 Å². The van der Waals surface area contributed by atoms with Gasteiger partial charge in [-0.2, -0.15) is 0 Å². The van der Waals surface area contributed by atoms with Crippen molar-refractivity contribution in [1.29, 1.82) is 0 Å². The van der Waals surface area contributed by atoms with E-state index < -0.39 is 0 Å². The minimum atomic E-state index is 0.167. The molecule has 0 radical (unpaired) electrons. The summed E-state index contributed by atoms with van der Waals surface area (Å²) in [6.07, 6.45) is 14.2. The van der Waals surface area contributed by atoms with Gasteiger partial charge in [-0.1, -0.05) is 114 Å². The lowest BCUT2D eigenvalue weighted by Gasteiger charge is -2.20. The Morgan fingerprint density at radius 2 is 1.35 bits per heavy atom. The Balaban J connectivity index is -0.000000256. The van der Waals surface area contributed by atoms with E-state index in [2.05, 4.69) is 67.5 Å². The fourth-order valence-corrected chi connectivity index (χ4v) is 3.93. The molecule has 0 aromatic heterocycles. The van der Waals surface area contributed by atoms with Gasteiger partial charge in [0.2, 0.25) is 6.79 Å². The van der Waals surface area contributed by atoms with Crippen LogP contribution in [0.2, 0.25) is 0 Å². The molecular formula is C38H74O5. The van der Waals surface area contributed by atoms with E-state index in [4.69, 9.17) is 14.2 Å². The highest BCUT2D eigenvalue weighted by molar-refractivity contribution is 5.75. The number of carbonyl (C=O) groups is 2. The topological polar surface area (TPSA) is 61.8 Å². The second-order valence-electron chi connectivity index (χ2n) is 11.1. The van der Waals surface area contributed by atoms with Gasteiger partial charge in [0.25, 0.3) is 0 Å². The van der Waals surface area contributed by atoms with E-state index in [9.17, 15) is 9.59 Å². The summed E-state index contributed by atoms with van der Waals surface area (Å²) in [4.78, 5) is 19.6. The Morgan fingerprint density at radius 1 is 0.791 bits per heavy atom. The molecule has 5 nitrogen and oxygen atoms in total. The smallest absolute Gasteiger partial charge is 0.231 e. The van der Waals surface area contributed by atoms with Gasteiger partial charge in [-0.3, -0.25) is 0 Å². The fourth-order valence-electron chi connectivity index (χ4n) is 3.93. The van der Waals surface area contributed by atoms with Gasteiger partial charge in [-0.25, -0.2) is 0 Å². The van der Waals surface area contributed by atoms with Gasteiger partial charge in [0, 0.05) is 19.6 Å². The molecule has 0 aliphatic carbocycles. The van der Waals surface area contributed by atoms with Crippen LogP contribution in [0.25, 0.3) is 0 Å². The number of rotatable bonds is 15. The van der Waals surface area contributed by atoms with Gasteiger partial charge in [-0.15, -0.1) is 0 Å². The van der Waals surface area contributed by atoms with E-state index in [1.54, 1.807) is 6.92 Å². The molecule has 1 heterocycles. The SMILES string of the molecule is CC.CC(C)=O.CCC.CCCC(C)CC(CC)c1ccc2c(c1)OCO2.CCCCC(C)=O.CCCCCOCCC. The van der Waals surface area contributed by atoms with Crippen molar-refractivity contribution in [2.24, 2.45) is 5.92 Å². The van der Waals surface area contributed by atoms with Gasteiger partial charge >= 0.3 is 0 Å². The lowest BCUT2D eigenvalue weighted by Crippen LogP contribution is -2.04. The lowest BCUT2D eigenvalue weighted by atomic mass is 9.86. The Labute approximate surface area is 269 Å². The number of benzene rings is 1. The number of fused-ring (bicyclic) bond motifs is 1. The molecule has 1 aromatic carbocycles. The summed E-state index contributed by atoms with van der Waals surface area (Å²) < 4.78 is 16.1. The molecule has 256 valence electrons. The van der Waals surface area contributed by atoms with E-state index >= 15 is 0 Å². The van der Waals surface area contributed by atoms with Gasteiger partial charge in [0.1, 0.15) is 11.6 Å². The monoisotopic (exact) mass is 611 g/mol. The molecule has 0 spiro atoms. The maximum Gasteiger partial charge on any atom is 0.231 e. The van der Waals surface area contributed by atoms with Crippen LogP contribution in [0, 0.1) is 5.92 Å². The third kappa shape index (κ3) is 36.2. The van der Waals surface area contributed by atoms with Crippen molar-refractivity contribution in [2.45, 2.75) is 173 Å². The van der Waals surface area contributed by atoms with E-state index in [1.807, 2.05) is 19.9 Å². The Kier molecular flexibility index (Phi) is 42.6. The maximum atomic E-state index is 10.2. The summed E-state index contributed by atoms with van der Waals surface area (Å²) in [5.41, 5.74) is 1.39. The molecule has 0 saturated carbocycles. The van der Waals surface area contributed by atoms with Gasteiger partial charge in [-0.05, 0) is 82.4 Å². The van der Waals surface area contributed by atoms with E-state index in [-0.39, 0.29) is 5.78 Å². The van der Waals surface area contributed by atoms with Crippen LogP contribution < -0.4 is 9.47 Å². The van der Waals surface area contributed by atoms with Crippen LogP contribution in [0.3, 0.4) is 0 Å². The number of unbranched alkanes of at least 4 members (excludes halogenated alkanes) is 3. The zero-order valence-corrected chi connectivity index (χ0v) is 31.0. The predicted octanol–water partition coefficient (Wildman–Crippen LogP) is 12.1. The van der Waals surface area contributed by atoms with Crippen LogP contribution in [-0.4, -0.2) is 31.6 Å². The Bertz CT molecular complexity index is 706. The second kappa shape index (κ2) is 38.1. The molecule has 0 fully saturated rings. The Morgan fingerprint density at radius 3 is 1.79 bits per heavy atom. The van der Waals surface area contributed by atoms with Crippen molar-refractivity contribution in [3.05, 3.63) is 23.8 Å². The first-order valence-electron chi connectivity index (χ1n) is 17.5. The quantitative estimate of drug-likeness (QED) is 0.185. The summed E-state index contributed by atoms with van der Waals surface area (Å²) in [5.74, 6) is 3.71. The zero-order chi connectivity index (χ0) is 33.9. The van der Waals surface area contributed by atoms with E-state index in [0.717, 1.165) is 56.3 Å². The Hall–Kier alpha value is -1.88. The van der Waals surface area contributed by atoms with Crippen LogP contribution in [-0.2, 0) is 14.3 Å². The summed E-state index contributed by atoms with van der Waals surface area (Å²) in [6.45, 7) is 28.5. The number of hydrogen-bond donors (Lipinski definition) is 0. The average molecular weight is 611 g/mol. The molecule has 1 aromatic rings. The van der Waals surface area contributed by atoms with Crippen molar-refractivity contribution < 1.29 is 23.8 Å². The van der Waals surface area contributed by atoms with Crippen molar-refractivity contribution in [3.63, 3.8) is 0 Å². The molecule has 0 N–H and O–H groups in total. The van der Waals surface area contributed by atoms with Crippen molar-refractivity contribution in [2.75, 3.05) is 20.0 Å². The van der Waals surface area contributed by atoms with Crippen molar-refractivity contribution in [3.8, 4) is 11.5 Å². The van der Waals surface area contributed by atoms with Gasteiger partial charge in [0.15, 0.2) is 11.5 Å². The van der Waals surface area contributed by atoms with Crippen LogP contribution in [0.4, 0.5) is 0 Å². The highest BCUT2D eigenvalue weighted by atomic mass is 16.7. The standard InChI is InChI=1S/C16H24O2.C8H18O.C6H12O.C3H6O.C3H8.C2H6/c1-4-6-12(3)9-13(5-2)14-7-8-15-16(10-14)18-11-17-15;1-3-5-6-8-9-7-4-2;1-3-4-5-6(2)7;1-3(2)4;1-3-2;1-2/h7-8,10,12-13H,4-6,9,11H2,1-3H3;3-8H2,1-2H3;3-5H2,1-2H3;1-2H3;3H2,1-2H3;1-2H3. The van der Waals surface area contributed by atoms with Gasteiger partial charge < -0.3 is 23.8 Å². The van der Waals surface area contributed by atoms with Crippen LogP contribution in [0.1, 0.15) is 179 Å². The first-order chi connectivity index (χ1) is 20.6. The third-order valence-electron chi connectivity index (χ3n) is 5.95. The zero-order valence-electron chi connectivity index (χ0n) is 31.0. The first-order valence-corrected chi connectivity index (χ1v) is 17.5. The molecule has 0 amide bonds. The number of carbonyl (C=O) groups excluding carboxylic acids is 2. The summed E-state index contributed by atoms with van der Waals surface area (Å²) in [6, 6.07) is 6.40. The minimum absolute atomic E-state index is 0.167. The average Bonchev–Trinajstić information content (AvgIpc) is 3.45.